The molecular weight excluding hydrogens is 336 g/mol. The lowest BCUT2D eigenvalue weighted by atomic mass is 9.98. The minimum atomic E-state index is -3.46. The largest absolute Gasteiger partial charge is 0.326 e. The molecule has 25 heavy (non-hydrogen) atoms. The number of hydrogen-bond donors (Lipinski definition) is 1. The lowest BCUT2D eigenvalue weighted by molar-refractivity contribution is -0.116. The molecule has 6 heteroatoms. The second kappa shape index (κ2) is 7.32. The van der Waals surface area contributed by atoms with E-state index in [-0.39, 0.29) is 17.9 Å². The Hall–Kier alpha value is -2.26. The van der Waals surface area contributed by atoms with Crippen molar-refractivity contribution in [3.63, 3.8) is 0 Å². The van der Waals surface area contributed by atoms with Crippen molar-refractivity contribution in [3.8, 4) is 11.8 Å². The minimum Gasteiger partial charge on any atom is -0.326 e. The molecule has 5 nitrogen and oxygen atoms in total. The molecule has 0 saturated carbocycles. The van der Waals surface area contributed by atoms with Crippen LogP contribution in [0, 0.1) is 17.3 Å². The van der Waals surface area contributed by atoms with Crippen LogP contribution in [-0.2, 0) is 21.2 Å². The molecule has 0 bridgehead atoms. The molecule has 0 fully saturated rings. The standard InChI is InChI=1S/C19H24N2O3S/c1-19(2,3)13-6-5-7-14-21(25(4,23)24)17-10-8-9-16-15(17)11-12-18(22)20-16/h5,7-10H,11-12,14H2,1-4H3,(H,20,22)/b7-5+. The fourth-order valence-electron chi connectivity index (χ4n) is 2.52. The molecule has 0 aromatic heterocycles. The van der Waals surface area contributed by atoms with Crippen LogP contribution in [0.25, 0.3) is 0 Å². The molecule has 1 aliphatic rings. The number of anilines is 2. The van der Waals surface area contributed by atoms with Crippen molar-refractivity contribution in [2.45, 2.75) is 33.6 Å². The van der Waals surface area contributed by atoms with Gasteiger partial charge in [0.1, 0.15) is 0 Å². The molecule has 1 N–H and O–H groups in total. The van der Waals surface area contributed by atoms with Crippen molar-refractivity contribution in [1.29, 1.82) is 0 Å². The zero-order valence-electron chi connectivity index (χ0n) is 15.1. The van der Waals surface area contributed by atoms with Crippen LogP contribution in [-0.4, -0.2) is 27.1 Å². The summed E-state index contributed by atoms with van der Waals surface area (Å²) in [5, 5.41) is 2.80. The highest BCUT2D eigenvalue weighted by Crippen LogP contribution is 2.33. The van der Waals surface area contributed by atoms with Gasteiger partial charge in [0.2, 0.25) is 15.9 Å². The molecular formula is C19H24N2O3S. The van der Waals surface area contributed by atoms with Gasteiger partial charge in [0.05, 0.1) is 18.5 Å². The van der Waals surface area contributed by atoms with Gasteiger partial charge in [-0.25, -0.2) is 8.42 Å². The van der Waals surface area contributed by atoms with Crippen LogP contribution in [0.1, 0.15) is 32.8 Å². The number of amides is 1. The molecule has 0 radical (unpaired) electrons. The molecule has 0 aliphatic carbocycles. The van der Waals surface area contributed by atoms with Crippen LogP contribution in [0.2, 0.25) is 0 Å². The fraction of sp³-hybridized carbons (Fsp3) is 0.421. The highest BCUT2D eigenvalue weighted by atomic mass is 32.2. The topological polar surface area (TPSA) is 66.5 Å². The first-order valence-corrected chi connectivity index (χ1v) is 10.00. The number of sulfonamides is 1. The SMILES string of the molecule is CC(C)(C)C#C/C=C/CN(c1cccc2c1CCC(=O)N2)S(C)(=O)=O. The lowest BCUT2D eigenvalue weighted by Crippen LogP contribution is -2.32. The van der Waals surface area contributed by atoms with E-state index in [0.29, 0.717) is 24.2 Å². The first-order valence-electron chi connectivity index (χ1n) is 8.15. The molecule has 1 aliphatic heterocycles. The molecule has 1 aromatic rings. The van der Waals surface area contributed by atoms with Gasteiger partial charge in [-0.15, -0.1) is 0 Å². The number of rotatable bonds is 4. The number of carbonyl (C=O) groups excluding carboxylic acids is 1. The second-order valence-electron chi connectivity index (χ2n) is 7.07. The number of benzene rings is 1. The maximum atomic E-state index is 12.3. The van der Waals surface area contributed by atoms with Crippen molar-refractivity contribution in [2.75, 3.05) is 22.4 Å². The van der Waals surface area contributed by atoms with Crippen LogP contribution >= 0.6 is 0 Å². The Balaban J connectivity index is 2.31. The third-order valence-electron chi connectivity index (χ3n) is 3.62. The van der Waals surface area contributed by atoms with Crippen molar-refractivity contribution in [3.05, 3.63) is 35.9 Å². The van der Waals surface area contributed by atoms with Gasteiger partial charge >= 0.3 is 0 Å². The molecule has 134 valence electrons. The van der Waals surface area contributed by atoms with Gasteiger partial charge in [0.25, 0.3) is 0 Å². The summed E-state index contributed by atoms with van der Waals surface area (Å²) in [7, 11) is -3.46. The minimum absolute atomic E-state index is 0.0482. The van der Waals surface area contributed by atoms with Crippen LogP contribution in [0.4, 0.5) is 11.4 Å². The van der Waals surface area contributed by atoms with Crippen LogP contribution in [0.15, 0.2) is 30.4 Å². The Morgan fingerprint density at radius 2 is 2.00 bits per heavy atom. The van der Waals surface area contributed by atoms with Gasteiger partial charge in [-0.2, -0.15) is 0 Å². The summed E-state index contributed by atoms with van der Waals surface area (Å²) in [6, 6.07) is 5.31. The Labute approximate surface area is 150 Å². The predicted molar refractivity (Wildman–Crippen MR) is 102 cm³/mol. The van der Waals surface area contributed by atoms with E-state index in [1.165, 1.54) is 10.6 Å². The summed E-state index contributed by atoms with van der Waals surface area (Å²) in [4.78, 5) is 11.6. The molecule has 1 aromatic carbocycles. The second-order valence-corrected chi connectivity index (χ2v) is 8.97. The van der Waals surface area contributed by atoms with Crippen molar-refractivity contribution < 1.29 is 13.2 Å². The number of nitrogens with one attached hydrogen (secondary N) is 1. The molecule has 1 heterocycles. The highest BCUT2D eigenvalue weighted by Gasteiger charge is 2.24. The van der Waals surface area contributed by atoms with Gasteiger partial charge in [0, 0.05) is 23.1 Å². The summed E-state index contributed by atoms with van der Waals surface area (Å²) in [6.45, 7) is 6.24. The van der Waals surface area contributed by atoms with E-state index in [2.05, 4.69) is 17.2 Å². The molecule has 0 unspecified atom stereocenters. The van der Waals surface area contributed by atoms with Gasteiger partial charge in [-0.05, 0) is 45.4 Å². The molecule has 0 atom stereocenters. The lowest BCUT2D eigenvalue weighted by Gasteiger charge is -2.27. The predicted octanol–water partition coefficient (Wildman–Crippen LogP) is 2.94. The van der Waals surface area contributed by atoms with Crippen molar-refractivity contribution >= 4 is 27.3 Å². The molecule has 0 saturated heterocycles. The van der Waals surface area contributed by atoms with E-state index >= 15 is 0 Å². The number of carbonyl (C=O) groups is 1. The third kappa shape index (κ3) is 5.36. The summed E-state index contributed by atoms with van der Waals surface area (Å²) >= 11 is 0. The third-order valence-corrected chi connectivity index (χ3v) is 4.76. The molecule has 2 rings (SSSR count). The van der Waals surface area contributed by atoms with Gasteiger partial charge in [0.15, 0.2) is 0 Å². The van der Waals surface area contributed by atoms with E-state index in [1.807, 2.05) is 20.8 Å². The van der Waals surface area contributed by atoms with E-state index in [0.717, 1.165) is 5.56 Å². The highest BCUT2D eigenvalue weighted by molar-refractivity contribution is 7.92. The fourth-order valence-corrected chi connectivity index (χ4v) is 3.40. The first-order chi connectivity index (χ1) is 11.6. The Morgan fingerprint density at radius 1 is 1.28 bits per heavy atom. The van der Waals surface area contributed by atoms with Crippen LogP contribution in [0.3, 0.4) is 0 Å². The Bertz CT molecular complexity index is 853. The monoisotopic (exact) mass is 360 g/mol. The van der Waals surface area contributed by atoms with Gasteiger partial charge in [-0.3, -0.25) is 9.10 Å². The average Bonchev–Trinajstić information content (AvgIpc) is 2.47. The van der Waals surface area contributed by atoms with Crippen LogP contribution in [0.5, 0.6) is 0 Å². The van der Waals surface area contributed by atoms with E-state index < -0.39 is 10.0 Å². The summed E-state index contributed by atoms with van der Waals surface area (Å²) < 4.78 is 25.9. The Kier molecular flexibility index (Phi) is 5.58. The number of nitrogens with zero attached hydrogens (tertiary/aromatic N) is 1. The number of fused-ring (bicyclic) bond motifs is 1. The maximum absolute atomic E-state index is 12.3. The van der Waals surface area contributed by atoms with Gasteiger partial charge in [-0.1, -0.05) is 24.0 Å². The van der Waals surface area contributed by atoms with E-state index in [9.17, 15) is 13.2 Å². The summed E-state index contributed by atoms with van der Waals surface area (Å²) in [5.41, 5.74) is 2.03. The zero-order valence-corrected chi connectivity index (χ0v) is 15.9. The zero-order chi connectivity index (χ0) is 18.7. The average molecular weight is 360 g/mol. The normalized spacial score (nSPS) is 14.5. The van der Waals surface area contributed by atoms with E-state index in [4.69, 9.17) is 0 Å². The maximum Gasteiger partial charge on any atom is 0.232 e. The Morgan fingerprint density at radius 3 is 2.64 bits per heavy atom. The quantitative estimate of drug-likeness (QED) is 0.840. The first kappa shape index (κ1) is 19.1. The van der Waals surface area contributed by atoms with Crippen molar-refractivity contribution in [2.24, 2.45) is 5.41 Å². The van der Waals surface area contributed by atoms with Gasteiger partial charge < -0.3 is 5.32 Å². The number of allylic oxidation sites excluding steroid dienone is 1. The van der Waals surface area contributed by atoms with E-state index in [1.54, 1.807) is 30.4 Å². The summed E-state index contributed by atoms with van der Waals surface area (Å²) in [6.07, 6.45) is 5.48. The van der Waals surface area contributed by atoms with Crippen molar-refractivity contribution in [1.82, 2.24) is 0 Å². The molecule has 0 spiro atoms. The molecule has 1 amide bonds. The smallest absolute Gasteiger partial charge is 0.232 e. The van der Waals surface area contributed by atoms with Crippen LogP contribution < -0.4 is 9.62 Å². The number of hydrogen-bond acceptors (Lipinski definition) is 3. The summed E-state index contributed by atoms with van der Waals surface area (Å²) in [5.74, 6) is 5.97.